The summed E-state index contributed by atoms with van der Waals surface area (Å²) in [6, 6.07) is 11.2. The lowest BCUT2D eigenvalue weighted by Gasteiger charge is -2.13. The number of carbonyl (C=O) groups is 2. The summed E-state index contributed by atoms with van der Waals surface area (Å²) >= 11 is 0. The zero-order valence-electron chi connectivity index (χ0n) is 11.1. The molecule has 1 aliphatic rings. The van der Waals surface area contributed by atoms with E-state index in [0.717, 1.165) is 0 Å². The Balaban J connectivity index is 2.20. The highest BCUT2D eigenvalue weighted by Gasteiger charge is 2.40. The van der Waals surface area contributed by atoms with Gasteiger partial charge in [-0.05, 0) is 12.1 Å². The van der Waals surface area contributed by atoms with Crippen LogP contribution in [0.5, 0.6) is 0 Å². The van der Waals surface area contributed by atoms with E-state index in [4.69, 9.17) is 0 Å². The van der Waals surface area contributed by atoms with Crippen LogP contribution in [0.4, 0.5) is 5.69 Å². The van der Waals surface area contributed by atoms with E-state index in [-0.39, 0.29) is 39.4 Å². The van der Waals surface area contributed by atoms with Crippen molar-refractivity contribution in [1.82, 2.24) is 4.40 Å². The van der Waals surface area contributed by atoms with Gasteiger partial charge in [-0.1, -0.05) is 30.3 Å². The monoisotopic (exact) mass is 292 g/mol. The van der Waals surface area contributed by atoms with Gasteiger partial charge in [0.05, 0.1) is 4.92 Å². The molecule has 0 amide bonds. The first kappa shape index (κ1) is 12.5. The maximum Gasteiger partial charge on any atom is 0.306 e. The number of nitro groups is 1. The van der Waals surface area contributed by atoms with Crippen LogP contribution in [0.3, 0.4) is 0 Å². The molecule has 4 rings (SSSR count). The van der Waals surface area contributed by atoms with Gasteiger partial charge in [0.25, 0.3) is 0 Å². The molecule has 1 aromatic carbocycles. The first-order valence-corrected chi connectivity index (χ1v) is 6.57. The Labute approximate surface area is 123 Å². The van der Waals surface area contributed by atoms with E-state index in [1.807, 2.05) is 0 Å². The van der Waals surface area contributed by atoms with E-state index in [1.54, 1.807) is 36.5 Å². The molecule has 106 valence electrons. The van der Waals surface area contributed by atoms with Crippen molar-refractivity contribution in [1.29, 1.82) is 0 Å². The van der Waals surface area contributed by atoms with E-state index < -0.39 is 10.7 Å². The standard InChI is InChI=1S/C16H8N2O4/c19-15-9-5-1-2-6-10(9)16(20)14-12(15)13(18(21)22)11-7-3-4-8-17(11)14/h1-8H. The van der Waals surface area contributed by atoms with Crippen LogP contribution in [0, 0.1) is 10.1 Å². The molecule has 0 atom stereocenters. The molecular weight excluding hydrogens is 284 g/mol. The molecule has 3 aromatic rings. The van der Waals surface area contributed by atoms with Gasteiger partial charge in [0.1, 0.15) is 16.8 Å². The molecule has 6 nitrogen and oxygen atoms in total. The Morgan fingerprint density at radius 2 is 1.55 bits per heavy atom. The maximum absolute atomic E-state index is 12.7. The van der Waals surface area contributed by atoms with Crippen molar-refractivity contribution >= 4 is 22.8 Å². The largest absolute Gasteiger partial charge is 0.307 e. The molecule has 0 aliphatic heterocycles. The normalized spacial score (nSPS) is 13.1. The van der Waals surface area contributed by atoms with Crippen LogP contribution in [0.15, 0.2) is 48.7 Å². The third-order valence-corrected chi connectivity index (χ3v) is 3.86. The van der Waals surface area contributed by atoms with Crippen LogP contribution in [0.1, 0.15) is 32.0 Å². The fourth-order valence-electron chi connectivity index (χ4n) is 2.96. The molecule has 0 saturated heterocycles. The lowest BCUT2D eigenvalue weighted by molar-refractivity contribution is -0.383. The molecule has 2 heterocycles. The molecule has 6 heteroatoms. The van der Waals surface area contributed by atoms with Crippen molar-refractivity contribution in [3.8, 4) is 0 Å². The van der Waals surface area contributed by atoms with E-state index in [2.05, 4.69) is 0 Å². The SMILES string of the molecule is O=C1c2ccccc2C(=O)c2c1c([N+](=O)[O-])c1ccccn21. The van der Waals surface area contributed by atoms with Crippen molar-refractivity contribution in [2.24, 2.45) is 0 Å². The number of carbonyl (C=O) groups excluding carboxylic acids is 2. The molecule has 2 aromatic heterocycles. The predicted molar refractivity (Wildman–Crippen MR) is 77.4 cm³/mol. The lowest BCUT2D eigenvalue weighted by Crippen LogP contribution is -2.21. The summed E-state index contributed by atoms with van der Waals surface area (Å²) in [6.07, 6.45) is 1.56. The first-order valence-electron chi connectivity index (χ1n) is 6.57. The summed E-state index contributed by atoms with van der Waals surface area (Å²) < 4.78 is 1.42. The van der Waals surface area contributed by atoms with Gasteiger partial charge in [0, 0.05) is 17.3 Å². The minimum Gasteiger partial charge on any atom is -0.307 e. The number of fused-ring (bicyclic) bond motifs is 4. The van der Waals surface area contributed by atoms with Crippen LogP contribution in [0.2, 0.25) is 0 Å². The van der Waals surface area contributed by atoms with Crippen LogP contribution in [-0.4, -0.2) is 20.9 Å². The molecular formula is C16H8N2O4. The molecule has 1 aliphatic carbocycles. The zero-order chi connectivity index (χ0) is 15.4. The summed E-state index contributed by atoms with van der Waals surface area (Å²) in [5.74, 6) is -0.861. The Kier molecular flexibility index (Phi) is 2.33. The van der Waals surface area contributed by atoms with E-state index in [1.165, 1.54) is 16.5 Å². The van der Waals surface area contributed by atoms with Crippen LogP contribution in [0.25, 0.3) is 5.52 Å². The van der Waals surface area contributed by atoms with Gasteiger partial charge in [-0.15, -0.1) is 0 Å². The first-order chi connectivity index (χ1) is 10.6. The molecule has 0 fully saturated rings. The molecule has 0 radical (unpaired) electrons. The second-order valence-electron chi connectivity index (χ2n) is 4.99. The minimum absolute atomic E-state index is 0.0611. The number of aromatic nitrogens is 1. The number of hydrogen-bond donors (Lipinski definition) is 0. The van der Waals surface area contributed by atoms with Crippen molar-refractivity contribution < 1.29 is 14.5 Å². The quantitative estimate of drug-likeness (QED) is 0.399. The van der Waals surface area contributed by atoms with Gasteiger partial charge >= 0.3 is 5.69 Å². The van der Waals surface area contributed by atoms with Crippen molar-refractivity contribution in [2.45, 2.75) is 0 Å². The van der Waals surface area contributed by atoms with Crippen LogP contribution >= 0.6 is 0 Å². The van der Waals surface area contributed by atoms with Crippen molar-refractivity contribution in [3.63, 3.8) is 0 Å². The molecule has 0 saturated carbocycles. The molecule has 0 N–H and O–H groups in total. The second kappa shape index (κ2) is 4.11. The van der Waals surface area contributed by atoms with Gasteiger partial charge in [0.15, 0.2) is 0 Å². The van der Waals surface area contributed by atoms with E-state index >= 15 is 0 Å². The Bertz CT molecular complexity index is 1000. The number of hydrogen-bond acceptors (Lipinski definition) is 4. The maximum atomic E-state index is 12.7. The number of ketones is 2. The summed E-state index contributed by atoms with van der Waals surface area (Å²) in [5, 5.41) is 11.4. The fourth-order valence-corrected chi connectivity index (χ4v) is 2.96. The lowest BCUT2D eigenvalue weighted by atomic mass is 9.87. The smallest absolute Gasteiger partial charge is 0.306 e. The Hall–Kier alpha value is -3.28. The van der Waals surface area contributed by atoms with Gasteiger partial charge in [-0.2, -0.15) is 0 Å². The molecule has 22 heavy (non-hydrogen) atoms. The zero-order valence-corrected chi connectivity index (χ0v) is 11.1. The Morgan fingerprint density at radius 1 is 0.909 bits per heavy atom. The summed E-state index contributed by atoms with van der Waals surface area (Å²) in [4.78, 5) is 36.2. The Morgan fingerprint density at radius 3 is 2.23 bits per heavy atom. The van der Waals surface area contributed by atoms with E-state index in [0.29, 0.717) is 0 Å². The third kappa shape index (κ3) is 1.38. The van der Waals surface area contributed by atoms with Gasteiger partial charge in [0.2, 0.25) is 11.6 Å². The average molecular weight is 292 g/mol. The molecule has 0 unspecified atom stereocenters. The minimum atomic E-state index is -0.604. The second-order valence-corrected chi connectivity index (χ2v) is 4.99. The van der Waals surface area contributed by atoms with Crippen molar-refractivity contribution in [2.75, 3.05) is 0 Å². The van der Waals surface area contributed by atoms with Crippen molar-refractivity contribution in [3.05, 3.63) is 81.2 Å². The van der Waals surface area contributed by atoms with Crippen LogP contribution < -0.4 is 0 Å². The summed E-state index contributed by atoms with van der Waals surface area (Å²) in [5.41, 5.74) is 0.346. The highest BCUT2D eigenvalue weighted by atomic mass is 16.6. The number of nitrogens with zero attached hydrogens (tertiary/aromatic N) is 2. The molecule has 0 spiro atoms. The van der Waals surface area contributed by atoms with Gasteiger partial charge in [-0.25, -0.2) is 0 Å². The average Bonchev–Trinajstić information content (AvgIpc) is 2.88. The van der Waals surface area contributed by atoms with Gasteiger partial charge < -0.3 is 4.40 Å². The summed E-state index contributed by atoms with van der Waals surface area (Å²) in [7, 11) is 0. The fraction of sp³-hybridized carbons (Fsp3) is 0. The third-order valence-electron chi connectivity index (χ3n) is 3.86. The van der Waals surface area contributed by atoms with Crippen LogP contribution in [-0.2, 0) is 0 Å². The van der Waals surface area contributed by atoms with E-state index in [9.17, 15) is 19.7 Å². The summed E-state index contributed by atoms with van der Waals surface area (Å²) in [6.45, 7) is 0. The number of benzene rings is 1. The molecule has 0 bridgehead atoms. The van der Waals surface area contributed by atoms with Gasteiger partial charge in [-0.3, -0.25) is 19.7 Å². The highest BCUT2D eigenvalue weighted by molar-refractivity contribution is 6.30. The number of pyridine rings is 1. The number of rotatable bonds is 1. The predicted octanol–water partition coefficient (Wildman–Crippen LogP) is 2.62. The topological polar surface area (TPSA) is 81.7 Å². The highest BCUT2D eigenvalue weighted by Crippen LogP contribution is 2.37.